The third-order valence-corrected chi connectivity index (χ3v) is 7.43. The third kappa shape index (κ3) is 4.26. The zero-order chi connectivity index (χ0) is 23.0. The number of esters is 1. The molecule has 4 nitrogen and oxygen atoms in total. The lowest BCUT2D eigenvalue weighted by molar-refractivity contribution is -0.157. The van der Waals surface area contributed by atoms with E-state index in [1.807, 2.05) is 83.1 Å². The average molecular weight is 448 g/mol. The van der Waals surface area contributed by atoms with E-state index in [0.29, 0.717) is 5.75 Å². The van der Waals surface area contributed by atoms with Crippen LogP contribution >= 0.6 is 10.5 Å². The van der Waals surface area contributed by atoms with Gasteiger partial charge in [0.2, 0.25) is 5.43 Å². The second kappa shape index (κ2) is 8.40. The highest BCUT2D eigenvalue weighted by Gasteiger charge is 2.24. The van der Waals surface area contributed by atoms with Gasteiger partial charge in [0.05, 0.1) is 10.8 Å². The summed E-state index contributed by atoms with van der Waals surface area (Å²) < 4.78 is 13.3. The van der Waals surface area contributed by atoms with Gasteiger partial charge in [-0.25, -0.2) is 4.79 Å². The van der Waals surface area contributed by atoms with Crippen LogP contribution in [0.3, 0.4) is 0 Å². The van der Waals surface area contributed by atoms with Crippen molar-refractivity contribution < 1.29 is 14.3 Å². The highest BCUT2D eigenvalue weighted by Crippen LogP contribution is 2.45. The second-order valence-corrected chi connectivity index (χ2v) is 10.9. The van der Waals surface area contributed by atoms with Crippen molar-refractivity contribution in [1.29, 1.82) is 0 Å². The van der Waals surface area contributed by atoms with Crippen molar-refractivity contribution in [3.05, 3.63) is 82.0 Å². The maximum Gasteiger partial charge on any atom is 0.344 e. The molecule has 0 atom stereocenters. The molecule has 0 N–H and O–H groups in total. The number of hydrogen-bond donors (Lipinski definition) is 0. The Balaban J connectivity index is 1.81. The number of carbonyl (C=O) groups excluding carboxylic acids is 1. The van der Waals surface area contributed by atoms with Crippen LogP contribution in [0, 0.1) is 13.8 Å². The van der Waals surface area contributed by atoms with Crippen molar-refractivity contribution in [1.82, 2.24) is 0 Å². The molecule has 0 aliphatic heterocycles. The summed E-state index contributed by atoms with van der Waals surface area (Å²) in [5.74, 6) is 0.300. The Labute approximate surface area is 190 Å². The van der Waals surface area contributed by atoms with Crippen molar-refractivity contribution in [2.24, 2.45) is 0 Å². The first-order chi connectivity index (χ1) is 15.2. The van der Waals surface area contributed by atoms with Gasteiger partial charge in [0, 0.05) is 22.6 Å². The molecule has 4 rings (SSSR count). The van der Waals surface area contributed by atoms with Gasteiger partial charge < -0.3 is 9.47 Å². The van der Waals surface area contributed by atoms with Crippen LogP contribution in [0.25, 0.3) is 25.1 Å². The molecule has 0 bridgehead atoms. The molecule has 0 unspecified atom stereocenters. The molecule has 1 aromatic heterocycles. The van der Waals surface area contributed by atoms with Gasteiger partial charge in [-0.1, -0.05) is 24.3 Å². The number of fused-ring (bicyclic) bond motifs is 2. The summed E-state index contributed by atoms with van der Waals surface area (Å²) in [5, 5.41) is 1.52. The number of benzene rings is 3. The highest BCUT2D eigenvalue weighted by molar-refractivity contribution is 7.49. The number of aryl methyl sites for hydroxylation is 2. The standard InChI is InChI=1S/C27H27O4S/c1-17-14-19(15-18(2)26(17)30-16-24(28)31-27(3,4)5)32-22-12-8-6-10-20(22)25(29)21-11-7-9-13-23(21)32/h6-15H,16H2,1-5H3/q+1. The Bertz CT molecular complexity index is 1310. The lowest BCUT2D eigenvalue weighted by Crippen LogP contribution is -2.27. The van der Waals surface area contributed by atoms with Crippen molar-refractivity contribution >= 4 is 36.6 Å². The monoisotopic (exact) mass is 447 g/mol. The highest BCUT2D eigenvalue weighted by atomic mass is 32.2. The predicted molar refractivity (Wildman–Crippen MR) is 132 cm³/mol. The lowest BCUT2D eigenvalue weighted by atomic mass is 10.1. The van der Waals surface area contributed by atoms with Crippen LogP contribution in [0.1, 0.15) is 31.9 Å². The lowest BCUT2D eigenvalue weighted by Gasteiger charge is -2.20. The van der Waals surface area contributed by atoms with E-state index in [1.54, 1.807) is 0 Å². The molecular formula is C27H27O4S+. The molecule has 5 heteroatoms. The van der Waals surface area contributed by atoms with Crippen molar-refractivity contribution in [3.8, 4) is 10.6 Å². The van der Waals surface area contributed by atoms with Gasteiger partial charge in [-0.05, 0) is 70.0 Å². The molecule has 1 heterocycles. The Morgan fingerprint density at radius 2 is 1.38 bits per heavy atom. The Hall–Kier alpha value is -3.18. The topological polar surface area (TPSA) is 52.6 Å². The minimum absolute atomic E-state index is 0.0747. The van der Waals surface area contributed by atoms with Crippen LogP contribution in [-0.4, -0.2) is 18.2 Å². The van der Waals surface area contributed by atoms with Gasteiger partial charge in [0.15, 0.2) is 20.9 Å². The van der Waals surface area contributed by atoms with Gasteiger partial charge in [0.25, 0.3) is 0 Å². The molecular weight excluding hydrogens is 420 g/mol. The molecule has 164 valence electrons. The normalized spacial score (nSPS) is 11.7. The minimum Gasteiger partial charge on any atom is -0.481 e. The second-order valence-electron chi connectivity index (χ2n) is 8.89. The van der Waals surface area contributed by atoms with Crippen LogP contribution in [0.15, 0.2) is 65.5 Å². The fourth-order valence-corrected chi connectivity index (χ4v) is 6.46. The Morgan fingerprint density at radius 3 is 1.88 bits per heavy atom. The maximum atomic E-state index is 13.1. The van der Waals surface area contributed by atoms with Crippen LogP contribution < -0.4 is 10.2 Å². The summed E-state index contributed by atoms with van der Waals surface area (Å²) in [6, 6.07) is 19.9. The van der Waals surface area contributed by atoms with E-state index >= 15 is 0 Å². The van der Waals surface area contributed by atoms with Gasteiger partial charge in [-0.15, -0.1) is 0 Å². The fraction of sp³-hybridized carbons (Fsp3) is 0.259. The molecule has 0 fully saturated rings. The molecule has 0 aliphatic carbocycles. The molecule has 4 aromatic rings. The predicted octanol–water partition coefficient (Wildman–Crippen LogP) is 6.43. The fourth-order valence-electron chi connectivity index (χ4n) is 3.94. The summed E-state index contributed by atoms with van der Waals surface area (Å²) in [6.07, 6.45) is 0. The summed E-state index contributed by atoms with van der Waals surface area (Å²) in [6.45, 7) is 9.34. The molecule has 0 amide bonds. The van der Waals surface area contributed by atoms with E-state index in [2.05, 4.69) is 12.1 Å². The maximum absolute atomic E-state index is 13.1. The van der Waals surface area contributed by atoms with E-state index in [0.717, 1.165) is 36.2 Å². The third-order valence-electron chi connectivity index (χ3n) is 5.13. The SMILES string of the molecule is Cc1cc(-[s+]2c3ccccc3c(=O)c3ccccc32)cc(C)c1OCC(=O)OC(C)(C)C. The van der Waals surface area contributed by atoms with Crippen LogP contribution in [0.4, 0.5) is 0 Å². The first-order valence-corrected chi connectivity index (χ1v) is 11.8. The summed E-state index contributed by atoms with van der Waals surface area (Å²) in [5.41, 5.74) is 1.42. The van der Waals surface area contributed by atoms with Crippen LogP contribution in [0.5, 0.6) is 5.75 Å². The molecule has 0 saturated carbocycles. The molecule has 32 heavy (non-hydrogen) atoms. The van der Waals surface area contributed by atoms with Crippen LogP contribution in [0.2, 0.25) is 0 Å². The molecule has 0 radical (unpaired) electrons. The average Bonchev–Trinajstić information content (AvgIpc) is 2.72. The van der Waals surface area contributed by atoms with Crippen LogP contribution in [-0.2, 0) is 9.53 Å². The smallest absolute Gasteiger partial charge is 0.344 e. The number of hydrogen-bond acceptors (Lipinski definition) is 4. The summed E-state index contributed by atoms with van der Waals surface area (Å²) in [7, 11) is -0.402. The number of rotatable bonds is 4. The zero-order valence-corrected chi connectivity index (χ0v) is 19.8. The molecule has 0 spiro atoms. The summed E-state index contributed by atoms with van der Waals surface area (Å²) >= 11 is 0. The van der Waals surface area contributed by atoms with Gasteiger partial charge in [0.1, 0.15) is 11.4 Å². The van der Waals surface area contributed by atoms with E-state index in [4.69, 9.17) is 9.47 Å². The minimum atomic E-state index is -0.547. The van der Waals surface area contributed by atoms with E-state index in [-0.39, 0.29) is 12.0 Å². The van der Waals surface area contributed by atoms with Gasteiger partial charge in [-0.2, -0.15) is 0 Å². The molecule has 3 aromatic carbocycles. The largest absolute Gasteiger partial charge is 0.481 e. The zero-order valence-electron chi connectivity index (χ0n) is 19.0. The molecule has 0 aliphatic rings. The number of ether oxygens (including phenoxy) is 2. The Morgan fingerprint density at radius 1 is 0.875 bits per heavy atom. The van der Waals surface area contributed by atoms with Gasteiger partial charge in [-0.3, -0.25) is 4.79 Å². The number of carbonyl (C=O) groups is 1. The quantitative estimate of drug-likeness (QED) is 0.206. The first-order valence-electron chi connectivity index (χ1n) is 10.6. The van der Waals surface area contributed by atoms with Crippen molar-refractivity contribution in [2.75, 3.05) is 6.61 Å². The van der Waals surface area contributed by atoms with E-state index in [9.17, 15) is 9.59 Å². The van der Waals surface area contributed by atoms with E-state index in [1.165, 1.54) is 0 Å². The Kier molecular flexibility index (Phi) is 5.78. The van der Waals surface area contributed by atoms with E-state index < -0.39 is 22.0 Å². The first kappa shape index (κ1) is 22.0. The van der Waals surface area contributed by atoms with Crippen molar-refractivity contribution in [2.45, 2.75) is 40.2 Å². The van der Waals surface area contributed by atoms with Gasteiger partial charge >= 0.3 is 5.97 Å². The van der Waals surface area contributed by atoms with Crippen molar-refractivity contribution in [3.63, 3.8) is 0 Å². The molecule has 0 saturated heterocycles. The summed E-state index contributed by atoms with van der Waals surface area (Å²) in [4.78, 5) is 26.3.